The first-order valence-corrected chi connectivity index (χ1v) is 19.5. The normalized spacial score (nSPS) is 11.6. The average Bonchev–Trinajstić information content (AvgIpc) is 3.86. The number of benzene rings is 8. The van der Waals surface area contributed by atoms with Gasteiger partial charge in [-0.05, 0) is 52.1 Å². The Morgan fingerprint density at radius 1 is 0.321 bits per heavy atom. The Labute approximate surface area is 327 Å². The molecular weight excluding hydrogens is 703 g/mol. The van der Waals surface area contributed by atoms with Gasteiger partial charge in [-0.25, -0.2) is 15.0 Å². The summed E-state index contributed by atoms with van der Waals surface area (Å²) in [5, 5.41) is 4.65. The zero-order chi connectivity index (χ0) is 37.0. The molecule has 0 aliphatic rings. The van der Waals surface area contributed by atoms with Crippen LogP contribution in [0.4, 0.5) is 0 Å². The minimum Gasteiger partial charge on any atom is -0.455 e. The predicted octanol–water partition coefficient (Wildman–Crippen LogP) is 14.1. The fourth-order valence-electron chi connectivity index (χ4n) is 7.88. The molecule has 262 valence electrons. The fourth-order valence-corrected chi connectivity index (χ4v) is 9.01. The second-order valence-corrected chi connectivity index (χ2v) is 15.0. The van der Waals surface area contributed by atoms with Gasteiger partial charge in [0.1, 0.15) is 11.2 Å². The Bertz CT molecular complexity index is 3240. The van der Waals surface area contributed by atoms with Crippen LogP contribution in [-0.4, -0.2) is 15.0 Å². The van der Waals surface area contributed by atoms with Crippen molar-refractivity contribution in [3.8, 4) is 67.5 Å². The van der Waals surface area contributed by atoms with E-state index in [1.54, 1.807) is 0 Å². The Morgan fingerprint density at radius 3 is 1.54 bits per heavy atom. The quantitative estimate of drug-likeness (QED) is 0.171. The molecule has 0 bridgehead atoms. The molecule has 8 aromatic carbocycles. The van der Waals surface area contributed by atoms with Crippen LogP contribution in [0.3, 0.4) is 0 Å². The second kappa shape index (κ2) is 13.3. The van der Waals surface area contributed by atoms with Crippen molar-refractivity contribution in [3.05, 3.63) is 188 Å². The molecule has 11 aromatic rings. The predicted molar refractivity (Wildman–Crippen MR) is 233 cm³/mol. The number of para-hydroxylation sites is 2. The number of furan rings is 1. The van der Waals surface area contributed by atoms with Gasteiger partial charge >= 0.3 is 0 Å². The van der Waals surface area contributed by atoms with Gasteiger partial charge in [-0.1, -0.05) is 164 Å². The number of rotatable bonds is 6. The number of hydrogen-bond acceptors (Lipinski definition) is 5. The molecule has 0 saturated carbocycles. The monoisotopic (exact) mass is 733 g/mol. The van der Waals surface area contributed by atoms with Gasteiger partial charge in [-0.3, -0.25) is 0 Å². The van der Waals surface area contributed by atoms with E-state index in [0.717, 1.165) is 60.9 Å². The number of fused-ring (bicyclic) bond motifs is 6. The maximum Gasteiger partial charge on any atom is 0.167 e. The molecule has 4 nitrogen and oxygen atoms in total. The van der Waals surface area contributed by atoms with Crippen LogP contribution in [-0.2, 0) is 0 Å². The molecule has 0 radical (unpaired) electrons. The second-order valence-electron chi connectivity index (χ2n) is 13.9. The Kier molecular flexibility index (Phi) is 7.64. The Balaban J connectivity index is 1.05. The summed E-state index contributed by atoms with van der Waals surface area (Å²) >= 11 is 1.84. The molecular formula is C51H31N3OS. The summed E-state index contributed by atoms with van der Waals surface area (Å²) < 4.78 is 9.54. The smallest absolute Gasteiger partial charge is 0.167 e. The summed E-state index contributed by atoms with van der Waals surface area (Å²) in [5.41, 5.74) is 11.1. The lowest BCUT2D eigenvalue weighted by atomic mass is 9.95. The zero-order valence-electron chi connectivity index (χ0n) is 30.1. The number of hydrogen-bond donors (Lipinski definition) is 0. The molecule has 0 spiro atoms. The van der Waals surface area contributed by atoms with E-state index in [4.69, 9.17) is 19.4 Å². The molecule has 0 saturated heterocycles. The highest BCUT2D eigenvalue weighted by molar-refractivity contribution is 7.25. The van der Waals surface area contributed by atoms with Crippen LogP contribution in [0.2, 0.25) is 0 Å². The molecule has 0 amide bonds. The highest BCUT2D eigenvalue weighted by Gasteiger charge is 2.20. The van der Waals surface area contributed by atoms with E-state index < -0.39 is 0 Å². The lowest BCUT2D eigenvalue weighted by molar-refractivity contribution is 0.670. The zero-order valence-corrected chi connectivity index (χ0v) is 30.9. The molecule has 0 N–H and O–H groups in total. The van der Waals surface area contributed by atoms with E-state index in [1.807, 2.05) is 53.8 Å². The van der Waals surface area contributed by atoms with Crippen molar-refractivity contribution in [1.82, 2.24) is 15.0 Å². The van der Waals surface area contributed by atoms with Crippen molar-refractivity contribution >= 4 is 53.4 Å². The standard InChI is InChI=1S/C51H31N3OS/c1-3-13-32(14-4-1)33-27-29-35(30-28-33)50-52-49(34-15-5-2-6-16-34)53-51(54-50)43-24-11-23-41-40-22-10-21-39(47(40)55-48(41)43)37-18-9-17-36(31-37)38-20-12-26-45-46(38)42-19-7-8-25-44(42)56-45/h1-31H. The highest BCUT2D eigenvalue weighted by Crippen LogP contribution is 2.43. The summed E-state index contributed by atoms with van der Waals surface area (Å²) in [5.74, 6) is 1.77. The summed E-state index contributed by atoms with van der Waals surface area (Å²) in [4.78, 5) is 15.2. The van der Waals surface area contributed by atoms with Gasteiger partial charge in [-0.15, -0.1) is 11.3 Å². The van der Waals surface area contributed by atoms with E-state index in [2.05, 4.69) is 146 Å². The van der Waals surface area contributed by atoms with Crippen molar-refractivity contribution in [3.63, 3.8) is 0 Å². The topological polar surface area (TPSA) is 51.8 Å². The van der Waals surface area contributed by atoms with Crippen LogP contribution >= 0.6 is 11.3 Å². The molecule has 0 unspecified atom stereocenters. The highest BCUT2D eigenvalue weighted by atomic mass is 32.1. The maximum atomic E-state index is 6.94. The largest absolute Gasteiger partial charge is 0.455 e. The molecule has 0 aliphatic heterocycles. The van der Waals surface area contributed by atoms with Crippen molar-refractivity contribution in [2.45, 2.75) is 0 Å². The minimum atomic E-state index is 0.560. The lowest BCUT2D eigenvalue weighted by Crippen LogP contribution is -2.00. The Hall–Kier alpha value is -7.21. The third-order valence-corrected chi connectivity index (χ3v) is 11.7. The number of aromatic nitrogens is 3. The summed E-state index contributed by atoms with van der Waals surface area (Å²) in [6, 6.07) is 65.6. The first-order chi connectivity index (χ1) is 27.7. The molecule has 0 fully saturated rings. The average molecular weight is 734 g/mol. The van der Waals surface area contributed by atoms with Crippen LogP contribution in [0, 0.1) is 0 Å². The van der Waals surface area contributed by atoms with Crippen molar-refractivity contribution < 1.29 is 4.42 Å². The van der Waals surface area contributed by atoms with Gasteiger partial charge in [0.05, 0.1) is 5.56 Å². The van der Waals surface area contributed by atoms with Crippen LogP contribution in [0.25, 0.3) is 110 Å². The van der Waals surface area contributed by atoms with Gasteiger partial charge in [0, 0.05) is 47.6 Å². The van der Waals surface area contributed by atoms with Crippen LogP contribution < -0.4 is 0 Å². The first kappa shape index (κ1) is 32.2. The van der Waals surface area contributed by atoms with E-state index in [-0.39, 0.29) is 0 Å². The molecule has 56 heavy (non-hydrogen) atoms. The lowest BCUT2D eigenvalue weighted by Gasteiger charge is -2.09. The summed E-state index contributed by atoms with van der Waals surface area (Å²) in [6.07, 6.45) is 0. The van der Waals surface area contributed by atoms with E-state index in [9.17, 15) is 0 Å². The molecule has 11 rings (SSSR count). The third-order valence-electron chi connectivity index (χ3n) is 10.6. The van der Waals surface area contributed by atoms with Crippen molar-refractivity contribution in [2.24, 2.45) is 0 Å². The number of nitrogens with zero attached hydrogens (tertiary/aromatic N) is 3. The fraction of sp³-hybridized carbons (Fsp3) is 0. The molecule has 0 aliphatic carbocycles. The van der Waals surface area contributed by atoms with E-state index in [1.165, 1.54) is 31.3 Å². The first-order valence-electron chi connectivity index (χ1n) is 18.7. The third kappa shape index (κ3) is 5.48. The van der Waals surface area contributed by atoms with E-state index in [0.29, 0.717) is 17.5 Å². The van der Waals surface area contributed by atoms with Gasteiger partial charge in [-0.2, -0.15) is 0 Å². The molecule has 3 heterocycles. The SMILES string of the molecule is c1ccc(-c2ccc(-c3nc(-c4ccccc4)nc(-c4cccc5c4oc4c(-c6cccc(-c7cccc8sc9ccccc9c78)c6)cccc45)n3)cc2)cc1. The van der Waals surface area contributed by atoms with Crippen LogP contribution in [0.5, 0.6) is 0 Å². The summed E-state index contributed by atoms with van der Waals surface area (Å²) in [7, 11) is 0. The molecule has 5 heteroatoms. The van der Waals surface area contributed by atoms with Crippen LogP contribution in [0.1, 0.15) is 0 Å². The van der Waals surface area contributed by atoms with Gasteiger partial charge < -0.3 is 4.42 Å². The van der Waals surface area contributed by atoms with Crippen molar-refractivity contribution in [1.29, 1.82) is 0 Å². The van der Waals surface area contributed by atoms with Crippen molar-refractivity contribution in [2.75, 3.05) is 0 Å². The minimum absolute atomic E-state index is 0.560. The molecule has 0 atom stereocenters. The van der Waals surface area contributed by atoms with Gasteiger partial charge in [0.15, 0.2) is 17.5 Å². The van der Waals surface area contributed by atoms with Gasteiger partial charge in [0.25, 0.3) is 0 Å². The van der Waals surface area contributed by atoms with E-state index >= 15 is 0 Å². The van der Waals surface area contributed by atoms with Gasteiger partial charge in [0.2, 0.25) is 0 Å². The summed E-state index contributed by atoms with van der Waals surface area (Å²) in [6.45, 7) is 0. The van der Waals surface area contributed by atoms with Crippen LogP contribution in [0.15, 0.2) is 192 Å². The maximum absolute atomic E-state index is 6.94. The molecule has 3 aromatic heterocycles. The number of thiophene rings is 1. The Morgan fingerprint density at radius 2 is 0.786 bits per heavy atom.